The fraction of sp³-hybridized carbons (Fsp3) is 0.158. The number of aromatic amines is 1. The molecule has 0 bridgehead atoms. The minimum atomic E-state index is -3.07. The second kappa shape index (κ2) is 8.40. The molecule has 10 nitrogen and oxygen atoms in total. The summed E-state index contributed by atoms with van der Waals surface area (Å²) in [6, 6.07) is 4.22. The van der Waals surface area contributed by atoms with Crippen molar-refractivity contribution in [1.82, 2.24) is 29.7 Å². The summed E-state index contributed by atoms with van der Waals surface area (Å²) in [4.78, 5) is 24.9. The first-order valence-corrected chi connectivity index (χ1v) is 9.62. The first kappa shape index (κ1) is 22.0. The lowest BCUT2D eigenvalue weighted by molar-refractivity contribution is 0.146. The van der Waals surface area contributed by atoms with Gasteiger partial charge in [-0.1, -0.05) is 11.6 Å². The van der Waals surface area contributed by atoms with Crippen molar-refractivity contribution in [2.45, 2.75) is 19.4 Å². The second-order valence-electron chi connectivity index (χ2n) is 6.81. The topological polar surface area (TPSA) is 151 Å². The summed E-state index contributed by atoms with van der Waals surface area (Å²) >= 11 is 6.12. The molecule has 0 amide bonds. The van der Waals surface area contributed by atoms with E-state index in [1.807, 2.05) is 0 Å². The number of aromatic nitrogens is 6. The van der Waals surface area contributed by atoms with Crippen LogP contribution in [0.2, 0.25) is 5.02 Å². The average molecular weight is 476 g/mol. The minimum Gasteiger partial charge on any atom is -0.368 e. The zero-order chi connectivity index (χ0) is 23.9. The molecule has 3 aromatic heterocycles. The maximum absolute atomic E-state index is 13.9. The summed E-state index contributed by atoms with van der Waals surface area (Å²) in [6.07, 6.45) is -1.68. The molecule has 0 aliphatic carbocycles. The second-order valence-corrected chi connectivity index (χ2v) is 7.21. The number of alkyl halides is 2. The van der Waals surface area contributed by atoms with E-state index in [9.17, 15) is 23.2 Å². The van der Waals surface area contributed by atoms with Crippen LogP contribution in [0, 0.1) is 17.1 Å². The Balaban J connectivity index is 1.93. The number of hydrogen-bond donors (Lipinski definition) is 3. The summed E-state index contributed by atoms with van der Waals surface area (Å²) in [5, 5.41) is 18.4. The Kier molecular flexibility index (Phi) is 5.60. The van der Waals surface area contributed by atoms with Crippen molar-refractivity contribution in [3.63, 3.8) is 0 Å². The van der Waals surface area contributed by atoms with E-state index in [2.05, 4.69) is 30.5 Å². The normalized spacial score (nSPS) is 12.2. The van der Waals surface area contributed by atoms with Crippen molar-refractivity contribution in [1.29, 1.82) is 5.26 Å². The minimum absolute atomic E-state index is 0.0264. The summed E-state index contributed by atoms with van der Waals surface area (Å²) in [7, 11) is 0. The third kappa shape index (κ3) is 3.92. The maximum atomic E-state index is 13.9. The smallest absolute Gasteiger partial charge is 0.281 e. The number of anilines is 2. The van der Waals surface area contributed by atoms with Gasteiger partial charge in [0.2, 0.25) is 5.95 Å². The molecule has 3 heterocycles. The molecule has 0 saturated carbocycles. The van der Waals surface area contributed by atoms with Crippen LogP contribution in [0.5, 0.6) is 0 Å². The Morgan fingerprint density at radius 2 is 2.06 bits per heavy atom. The number of hydrogen-bond acceptors (Lipinski definition) is 8. The fourth-order valence-corrected chi connectivity index (χ4v) is 3.51. The third-order valence-corrected chi connectivity index (χ3v) is 4.95. The van der Waals surface area contributed by atoms with Gasteiger partial charge in [0.15, 0.2) is 5.82 Å². The molecule has 0 aliphatic rings. The van der Waals surface area contributed by atoms with Gasteiger partial charge >= 0.3 is 0 Å². The van der Waals surface area contributed by atoms with E-state index in [4.69, 9.17) is 17.3 Å². The maximum Gasteiger partial charge on any atom is 0.281 e. The quantitative estimate of drug-likeness (QED) is 0.398. The monoisotopic (exact) mass is 475 g/mol. The third-order valence-electron chi connectivity index (χ3n) is 4.66. The molecule has 4 N–H and O–H groups in total. The van der Waals surface area contributed by atoms with E-state index >= 15 is 0 Å². The number of fused-ring (bicyclic) bond motifs is 1. The van der Waals surface area contributed by atoms with Crippen molar-refractivity contribution >= 4 is 34.3 Å². The summed E-state index contributed by atoms with van der Waals surface area (Å²) in [5.41, 5.74) is 3.55. The molecule has 1 aromatic carbocycles. The fourth-order valence-electron chi connectivity index (χ4n) is 3.27. The molecule has 4 aromatic rings. The highest BCUT2D eigenvalue weighted by Gasteiger charge is 2.25. The van der Waals surface area contributed by atoms with E-state index in [1.54, 1.807) is 13.0 Å². The SMILES string of the molecule is CC(Nc1nc(N)nc(C(F)F)c1C#N)c1nc2c(Cl)cc(F)cc2c(=O)n1-c1ccn[nH]1. The van der Waals surface area contributed by atoms with Crippen LogP contribution in [0.3, 0.4) is 0 Å². The Morgan fingerprint density at radius 1 is 1.30 bits per heavy atom. The van der Waals surface area contributed by atoms with E-state index < -0.39 is 41.0 Å². The number of rotatable bonds is 5. The molecular formula is C19H13ClF3N9O. The highest BCUT2D eigenvalue weighted by molar-refractivity contribution is 6.35. The van der Waals surface area contributed by atoms with Gasteiger partial charge in [-0.2, -0.15) is 15.3 Å². The van der Waals surface area contributed by atoms with Gasteiger partial charge in [0, 0.05) is 6.07 Å². The summed E-state index contributed by atoms with van der Waals surface area (Å²) in [5.74, 6) is -1.23. The molecule has 1 unspecified atom stereocenters. The highest BCUT2D eigenvalue weighted by Crippen LogP contribution is 2.29. The summed E-state index contributed by atoms with van der Waals surface area (Å²) < 4.78 is 41.7. The number of nitriles is 1. The molecular weight excluding hydrogens is 463 g/mol. The van der Waals surface area contributed by atoms with Crippen molar-refractivity contribution in [2.24, 2.45) is 0 Å². The Labute approximate surface area is 187 Å². The van der Waals surface area contributed by atoms with Crippen LogP contribution < -0.4 is 16.6 Å². The highest BCUT2D eigenvalue weighted by atomic mass is 35.5. The Hall–Kier alpha value is -4.18. The van der Waals surface area contributed by atoms with Crippen LogP contribution >= 0.6 is 11.6 Å². The number of nitrogens with zero attached hydrogens (tertiary/aromatic N) is 6. The largest absolute Gasteiger partial charge is 0.368 e. The van der Waals surface area contributed by atoms with Gasteiger partial charge in [-0.15, -0.1) is 0 Å². The number of nitrogens with two attached hydrogens (primary N) is 1. The lowest BCUT2D eigenvalue weighted by Gasteiger charge is -2.20. The van der Waals surface area contributed by atoms with E-state index in [1.165, 1.54) is 12.3 Å². The zero-order valence-corrected chi connectivity index (χ0v) is 17.4. The van der Waals surface area contributed by atoms with Crippen LogP contribution in [0.25, 0.3) is 16.7 Å². The average Bonchev–Trinajstić information content (AvgIpc) is 3.28. The molecule has 14 heteroatoms. The van der Waals surface area contributed by atoms with Gasteiger partial charge in [-0.3, -0.25) is 9.89 Å². The molecule has 168 valence electrons. The number of halogens is 4. The predicted molar refractivity (Wildman–Crippen MR) is 113 cm³/mol. The first-order valence-electron chi connectivity index (χ1n) is 9.25. The van der Waals surface area contributed by atoms with E-state index in [0.29, 0.717) is 0 Å². The molecule has 0 saturated heterocycles. The van der Waals surface area contributed by atoms with Gasteiger partial charge in [0.1, 0.15) is 34.8 Å². The standard InChI is InChI=1S/C19H13ClF3N9O/c1-7(27-16-10(6-24)14(15(22)23)29-19(25)30-16)17-28-13-9(4-8(21)5-11(13)20)18(33)32(17)12-2-3-26-31-12/h2-5,7,15H,1H3,(H,26,31)(H3,25,27,29,30). The van der Waals surface area contributed by atoms with Crippen LogP contribution in [-0.2, 0) is 0 Å². The van der Waals surface area contributed by atoms with Crippen LogP contribution in [0.4, 0.5) is 24.9 Å². The Morgan fingerprint density at radius 3 is 2.70 bits per heavy atom. The molecule has 33 heavy (non-hydrogen) atoms. The molecule has 4 rings (SSSR count). The van der Waals surface area contributed by atoms with Crippen LogP contribution in [-0.4, -0.2) is 29.7 Å². The zero-order valence-electron chi connectivity index (χ0n) is 16.6. The summed E-state index contributed by atoms with van der Waals surface area (Å²) in [6.45, 7) is 1.54. The van der Waals surface area contributed by atoms with Crippen LogP contribution in [0.15, 0.2) is 29.2 Å². The lowest BCUT2D eigenvalue weighted by Crippen LogP contribution is -2.28. The van der Waals surface area contributed by atoms with Crippen molar-refractivity contribution in [2.75, 3.05) is 11.1 Å². The molecule has 0 radical (unpaired) electrons. The molecule has 0 fully saturated rings. The Bertz CT molecular complexity index is 1460. The van der Waals surface area contributed by atoms with Crippen molar-refractivity contribution < 1.29 is 13.2 Å². The number of H-pyrrole nitrogens is 1. The number of nitrogens with one attached hydrogen (secondary N) is 2. The first-order chi connectivity index (χ1) is 15.7. The van der Waals surface area contributed by atoms with E-state index in [-0.39, 0.29) is 33.4 Å². The van der Waals surface area contributed by atoms with Gasteiger partial charge in [0.05, 0.1) is 28.2 Å². The predicted octanol–water partition coefficient (Wildman–Crippen LogP) is 3.26. The van der Waals surface area contributed by atoms with Crippen LogP contribution in [0.1, 0.15) is 36.5 Å². The molecule has 0 aliphatic heterocycles. The van der Waals surface area contributed by atoms with Gasteiger partial charge < -0.3 is 11.1 Å². The number of benzene rings is 1. The van der Waals surface area contributed by atoms with Gasteiger partial charge in [-0.25, -0.2) is 27.7 Å². The lowest BCUT2D eigenvalue weighted by atomic mass is 10.2. The molecule has 0 spiro atoms. The van der Waals surface area contributed by atoms with Crippen molar-refractivity contribution in [3.05, 3.63) is 62.7 Å². The van der Waals surface area contributed by atoms with Gasteiger partial charge in [-0.05, 0) is 19.1 Å². The number of nitrogen functional groups attached to an aromatic ring is 1. The van der Waals surface area contributed by atoms with E-state index in [0.717, 1.165) is 16.7 Å². The van der Waals surface area contributed by atoms with Crippen molar-refractivity contribution in [3.8, 4) is 11.9 Å². The molecule has 1 atom stereocenters. The van der Waals surface area contributed by atoms with Gasteiger partial charge in [0.25, 0.3) is 12.0 Å².